The monoisotopic (exact) mass is 496 g/mol. The van der Waals surface area contributed by atoms with Crippen LogP contribution in [0.25, 0.3) is 16.9 Å². The summed E-state index contributed by atoms with van der Waals surface area (Å²) in [5.74, 6) is -0.256. The third-order valence-corrected chi connectivity index (χ3v) is 7.02. The molecule has 0 radical (unpaired) electrons. The Hall–Kier alpha value is -3.30. The Morgan fingerprint density at radius 3 is 2.80 bits per heavy atom. The van der Waals surface area contributed by atoms with Crippen LogP contribution in [0.1, 0.15) is 38.7 Å². The number of aromatic nitrogens is 3. The number of nitrogens with two attached hydrogens (primary N) is 1. The van der Waals surface area contributed by atoms with E-state index in [0.717, 1.165) is 12.8 Å². The molecular weight excluding hydrogens is 471 g/mol. The van der Waals surface area contributed by atoms with E-state index in [9.17, 15) is 9.18 Å². The molecule has 3 aromatic rings. The molecule has 2 aliphatic rings. The number of rotatable bonds is 4. The first-order chi connectivity index (χ1) is 16.7. The maximum Gasteiger partial charge on any atom is 0.232 e. The quantitative estimate of drug-likeness (QED) is 0.587. The van der Waals surface area contributed by atoms with Crippen LogP contribution in [0.15, 0.2) is 53.7 Å². The van der Waals surface area contributed by atoms with E-state index in [1.54, 1.807) is 23.2 Å². The summed E-state index contributed by atoms with van der Waals surface area (Å²) in [5, 5.41) is 8.77. The molecule has 10 heteroatoms. The Balaban J connectivity index is 1.47. The molecule has 5 rings (SSSR count). The molecule has 8 nitrogen and oxygen atoms in total. The molecule has 2 aromatic carbocycles. The van der Waals surface area contributed by atoms with Crippen LogP contribution in [0.4, 0.5) is 4.39 Å². The van der Waals surface area contributed by atoms with Crippen LogP contribution in [0.2, 0.25) is 5.02 Å². The lowest BCUT2D eigenvalue weighted by Crippen LogP contribution is -2.56. The minimum atomic E-state index is -0.930. The van der Waals surface area contributed by atoms with Gasteiger partial charge in [-0.2, -0.15) is 0 Å². The van der Waals surface area contributed by atoms with Gasteiger partial charge in [-0.05, 0) is 50.5 Å². The summed E-state index contributed by atoms with van der Waals surface area (Å²) in [6.45, 7) is 4.44. The zero-order valence-corrected chi connectivity index (χ0v) is 20.2. The number of hydrogen-bond donors (Lipinski definition) is 1. The summed E-state index contributed by atoms with van der Waals surface area (Å²) >= 11 is 6.86. The minimum absolute atomic E-state index is 0.0285. The van der Waals surface area contributed by atoms with E-state index in [1.165, 1.54) is 16.8 Å². The van der Waals surface area contributed by atoms with Crippen LogP contribution in [0.3, 0.4) is 0 Å². The third kappa shape index (κ3) is 4.41. The van der Waals surface area contributed by atoms with E-state index in [4.69, 9.17) is 27.1 Å². The first-order valence-electron chi connectivity index (χ1n) is 11.5. The molecule has 0 spiro atoms. The second kappa shape index (κ2) is 9.05. The smallest absolute Gasteiger partial charge is 0.232 e. The van der Waals surface area contributed by atoms with Gasteiger partial charge < -0.3 is 10.5 Å². The number of ether oxygens (including phenoxy) is 1. The third-order valence-electron chi connectivity index (χ3n) is 6.62. The van der Waals surface area contributed by atoms with Gasteiger partial charge in [-0.25, -0.2) is 14.1 Å². The molecule has 0 aliphatic carbocycles. The maximum atomic E-state index is 13.6. The molecule has 3 atom stereocenters. The van der Waals surface area contributed by atoms with Crippen molar-refractivity contribution in [1.29, 1.82) is 0 Å². The fourth-order valence-corrected chi connectivity index (χ4v) is 5.31. The number of aliphatic imine (C=N–C) groups is 1. The Labute approximate surface area is 207 Å². The Morgan fingerprint density at radius 2 is 2.06 bits per heavy atom. The molecule has 0 unspecified atom stereocenters. The fraction of sp³-hybridized carbons (Fsp3) is 0.360. The van der Waals surface area contributed by atoms with E-state index >= 15 is 0 Å². The van der Waals surface area contributed by atoms with E-state index in [2.05, 4.69) is 10.3 Å². The summed E-state index contributed by atoms with van der Waals surface area (Å²) < 4.78 is 20.7. The minimum Gasteiger partial charge on any atom is -0.378 e. The van der Waals surface area contributed by atoms with Crippen LogP contribution in [-0.4, -0.2) is 50.5 Å². The van der Waals surface area contributed by atoms with E-state index < -0.39 is 5.54 Å². The molecule has 2 N–H and O–H groups in total. The Bertz CT molecular complexity index is 1310. The molecule has 3 heterocycles. The predicted molar refractivity (Wildman–Crippen MR) is 131 cm³/mol. The number of hydrogen-bond acceptors (Lipinski definition) is 6. The topological polar surface area (TPSA) is 98.6 Å². The van der Waals surface area contributed by atoms with E-state index in [-0.39, 0.29) is 36.3 Å². The van der Waals surface area contributed by atoms with Crippen molar-refractivity contribution in [3.63, 3.8) is 0 Å². The number of nitrogens with zero attached hydrogens (tertiary/aromatic N) is 5. The van der Waals surface area contributed by atoms with Crippen molar-refractivity contribution in [2.75, 3.05) is 6.61 Å². The number of halogens is 2. The molecule has 1 amide bonds. The summed E-state index contributed by atoms with van der Waals surface area (Å²) in [6, 6.07) is 11.5. The van der Waals surface area contributed by atoms with Crippen LogP contribution in [0, 0.1) is 5.82 Å². The Morgan fingerprint density at radius 1 is 1.26 bits per heavy atom. The first kappa shape index (κ1) is 23.4. The van der Waals surface area contributed by atoms with E-state index in [0.29, 0.717) is 34.1 Å². The summed E-state index contributed by atoms with van der Waals surface area (Å²) in [7, 11) is 0. The highest BCUT2D eigenvalue weighted by molar-refractivity contribution is 6.34. The predicted octanol–water partition coefficient (Wildman–Crippen LogP) is 4.06. The average molecular weight is 497 g/mol. The van der Waals surface area contributed by atoms with Crippen molar-refractivity contribution in [2.45, 2.75) is 50.8 Å². The van der Waals surface area contributed by atoms with Gasteiger partial charge in [0.2, 0.25) is 5.91 Å². The second-order valence-corrected chi connectivity index (χ2v) is 9.62. The highest BCUT2D eigenvalue weighted by atomic mass is 35.5. The highest BCUT2D eigenvalue weighted by Crippen LogP contribution is 2.41. The highest BCUT2D eigenvalue weighted by Gasteiger charge is 2.42. The number of guanidine groups is 1. The van der Waals surface area contributed by atoms with Crippen molar-refractivity contribution in [3.05, 3.63) is 65.1 Å². The number of carbonyl (C=O) groups is 1. The molecule has 0 saturated carbocycles. The first-order valence-corrected chi connectivity index (χ1v) is 11.9. The lowest BCUT2D eigenvalue weighted by molar-refractivity contribution is -0.133. The second-order valence-electron chi connectivity index (χ2n) is 9.24. The fourth-order valence-electron chi connectivity index (χ4n) is 4.89. The molecule has 0 bridgehead atoms. The van der Waals surface area contributed by atoms with Crippen LogP contribution in [-0.2, 0) is 15.1 Å². The largest absolute Gasteiger partial charge is 0.378 e. The van der Waals surface area contributed by atoms with Gasteiger partial charge in [-0.15, -0.1) is 5.10 Å². The molecule has 1 aromatic heterocycles. The normalized spacial score (nSPS) is 25.0. The molecular formula is C25H26ClFN6O2. The van der Waals surface area contributed by atoms with Gasteiger partial charge in [0.1, 0.15) is 11.5 Å². The average Bonchev–Trinajstić information content (AvgIpc) is 3.29. The van der Waals surface area contributed by atoms with Crippen molar-refractivity contribution < 1.29 is 13.9 Å². The number of carbonyl (C=O) groups excluding carboxylic acids is 1. The van der Waals surface area contributed by atoms with Gasteiger partial charge >= 0.3 is 0 Å². The molecule has 1 fully saturated rings. The van der Waals surface area contributed by atoms with Gasteiger partial charge in [-0.1, -0.05) is 41.1 Å². The summed E-state index contributed by atoms with van der Waals surface area (Å²) in [5.41, 5.74) is 7.79. The lowest BCUT2D eigenvalue weighted by Gasteiger charge is -2.41. The Kier molecular flexibility index (Phi) is 6.06. The zero-order valence-electron chi connectivity index (χ0n) is 19.5. The van der Waals surface area contributed by atoms with Crippen molar-refractivity contribution in [2.24, 2.45) is 10.7 Å². The summed E-state index contributed by atoms with van der Waals surface area (Å²) in [4.78, 5) is 19.7. The summed E-state index contributed by atoms with van der Waals surface area (Å²) in [6.07, 6.45) is 3.32. The van der Waals surface area contributed by atoms with Crippen LogP contribution >= 0.6 is 11.6 Å². The zero-order chi connectivity index (χ0) is 24.7. The van der Waals surface area contributed by atoms with Gasteiger partial charge in [0.15, 0.2) is 5.96 Å². The van der Waals surface area contributed by atoms with Gasteiger partial charge in [0.05, 0.1) is 35.0 Å². The van der Waals surface area contributed by atoms with Crippen molar-refractivity contribution in [1.82, 2.24) is 19.9 Å². The number of benzene rings is 2. The molecule has 182 valence electrons. The standard InChI is InChI=1S/C25H26ClFN6O2/c1-15-11-18(9-10-35-15)33-22(34)13-25(2,29-24(33)28)20-8-4-7-19(23(20)26)21-14-32(31-30-21)17-6-3-5-16(27)12-17/h3-8,12,14-15,18H,9-11,13H2,1-2H3,(H2,28,29)/t15-,18-,25-/m0/s1. The molecule has 35 heavy (non-hydrogen) atoms. The van der Waals surface area contributed by atoms with Crippen molar-refractivity contribution >= 4 is 23.5 Å². The van der Waals surface area contributed by atoms with E-state index in [1.807, 2.05) is 32.0 Å². The van der Waals surface area contributed by atoms with Crippen LogP contribution in [0.5, 0.6) is 0 Å². The van der Waals surface area contributed by atoms with Gasteiger partial charge in [-0.3, -0.25) is 9.69 Å². The van der Waals surface area contributed by atoms with Crippen molar-refractivity contribution in [3.8, 4) is 16.9 Å². The van der Waals surface area contributed by atoms with Gasteiger partial charge in [0, 0.05) is 18.2 Å². The van der Waals surface area contributed by atoms with Crippen LogP contribution < -0.4 is 5.73 Å². The number of amides is 1. The maximum absolute atomic E-state index is 13.6. The molecule has 1 saturated heterocycles. The lowest BCUT2D eigenvalue weighted by atomic mass is 9.85. The molecule has 2 aliphatic heterocycles. The van der Waals surface area contributed by atoms with Gasteiger partial charge in [0.25, 0.3) is 0 Å². The SMILES string of the molecule is C[C@H]1C[C@@H](N2C(=O)C[C@@](C)(c3cccc(-c4cn(-c5cccc(F)c5)nn4)c3Cl)N=C2N)CCO1.